The number of aliphatic hydroxyl groups is 1. The molecule has 0 aromatic rings. The average Bonchev–Trinajstić information content (AvgIpc) is 3.79. The van der Waals surface area contributed by atoms with Crippen LogP contribution in [0.25, 0.3) is 0 Å². The molecule has 3 atom stereocenters. The van der Waals surface area contributed by atoms with Crippen molar-refractivity contribution in [3.63, 3.8) is 0 Å². The maximum absolute atomic E-state index is 14.1. The minimum absolute atomic E-state index is 0.113. The molecule has 3 unspecified atom stereocenters. The Bertz CT molecular complexity index is 1850. The molecule has 2 fully saturated rings. The van der Waals surface area contributed by atoms with Crippen molar-refractivity contribution in [2.45, 2.75) is 60.3 Å². The molecule has 5 aliphatic heterocycles. The molecule has 0 amide bonds. The van der Waals surface area contributed by atoms with Crippen molar-refractivity contribution < 1.29 is 29.0 Å². The van der Waals surface area contributed by atoms with Crippen LogP contribution in [-0.4, -0.2) is 54.2 Å². The van der Waals surface area contributed by atoms with Crippen LogP contribution in [0.3, 0.4) is 0 Å². The van der Waals surface area contributed by atoms with Crippen LogP contribution < -0.4 is 5.32 Å². The molecule has 0 radical (unpaired) electrons. The lowest BCUT2D eigenvalue weighted by atomic mass is 9.85. The Morgan fingerprint density at radius 1 is 0.957 bits per heavy atom. The number of esters is 2. The Morgan fingerprint density at radius 2 is 1.70 bits per heavy atom. The summed E-state index contributed by atoms with van der Waals surface area (Å²) in [5, 5.41) is 13.9. The van der Waals surface area contributed by atoms with Gasteiger partial charge in [-0.25, -0.2) is 15.0 Å². The zero-order chi connectivity index (χ0) is 33.0. The Kier molecular flexibility index (Phi) is 8.00. The number of hydrogen-bond acceptors (Lipinski definition) is 10. The van der Waals surface area contributed by atoms with Gasteiger partial charge in [0, 0.05) is 46.4 Å². The number of methoxy groups -OCH3 is 2. The van der Waals surface area contributed by atoms with Crippen LogP contribution in [0.15, 0.2) is 107 Å². The number of hydrogen-bond donors (Lipinski definition) is 2. The Labute approximate surface area is 268 Å². The molecule has 8 bridgehead atoms. The predicted molar refractivity (Wildman–Crippen MR) is 175 cm³/mol. The lowest BCUT2D eigenvalue weighted by Crippen LogP contribution is -2.26. The van der Waals surface area contributed by atoms with Gasteiger partial charge < -0.3 is 19.9 Å². The molecule has 6 rings (SSSR count). The summed E-state index contributed by atoms with van der Waals surface area (Å²) in [7, 11) is 2.63. The zero-order valence-electron chi connectivity index (χ0n) is 27.2. The van der Waals surface area contributed by atoms with Crippen molar-refractivity contribution in [3.05, 3.63) is 92.0 Å². The average molecular weight is 623 g/mol. The first-order valence-electron chi connectivity index (χ1n) is 15.7. The first-order valence-corrected chi connectivity index (χ1v) is 15.7. The molecule has 1 saturated heterocycles. The van der Waals surface area contributed by atoms with E-state index >= 15 is 0 Å². The number of ether oxygens (including phenoxy) is 2. The van der Waals surface area contributed by atoms with Crippen LogP contribution in [0.4, 0.5) is 0 Å². The summed E-state index contributed by atoms with van der Waals surface area (Å²) in [5.41, 5.74) is 10.4. The molecule has 1 aliphatic carbocycles. The minimum Gasteiger partial charge on any atom is -0.515 e. The molecular weight excluding hydrogens is 584 g/mol. The van der Waals surface area contributed by atoms with Crippen LogP contribution in [0.2, 0.25) is 0 Å². The van der Waals surface area contributed by atoms with Crippen molar-refractivity contribution in [2.24, 2.45) is 32.7 Å². The molecule has 0 spiro atoms. The fourth-order valence-electron chi connectivity index (χ4n) is 7.31. The number of nitrogens with zero attached hydrogens (tertiary/aromatic N) is 3. The number of carbonyl (C=O) groups is 3. The number of aliphatic hydroxyl groups excluding tert-OH is 1. The number of allylic oxidation sites excluding steroid dienone is 11. The topological polar surface area (TPSA) is 139 Å². The summed E-state index contributed by atoms with van der Waals surface area (Å²) >= 11 is 0. The van der Waals surface area contributed by atoms with Crippen molar-refractivity contribution in [2.75, 3.05) is 14.2 Å². The van der Waals surface area contributed by atoms with Crippen molar-refractivity contribution in [1.82, 2.24) is 5.32 Å². The highest BCUT2D eigenvalue weighted by Crippen LogP contribution is 2.47. The van der Waals surface area contributed by atoms with Crippen LogP contribution in [0.5, 0.6) is 0 Å². The van der Waals surface area contributed by atoms with E-state index in [0.29, 0.717) is 63.6 Å². The fourth-order valence-corrected chi connectivity index (χ4v) is 7.31. The van der Waals surface area contributed by atoms with Gasteiger partial charge >= 0.3 is 11.9 Å². The molecule has 0 aromatic carbocycles. The second kappa shape index (κ2) is 11.8. The van der Waals surface area contributed by atoms with Gasteiger partial charge in [0.25, 0.3) is 0 Å². The van der Waals surface area contributed by atoms with Crippen LogP contribution >= 0.6 is 0 Å². The van der Waals surface area contributed by atoms with Gasteiger partial charge in [0.2, 0.25) is 0 Å². The summed E-state index contributed by atoms with van der Waals surface area (Å²) in [5.74, 6) is -2.93. The molecule has 1 saturated carbocycles. The van der Waals surface area contributed by atoms with Gasteiger partial charge in [0.15, 0.2) is 5.78 Å². The highest BCUT2D eigenvalue weighted by Gasteiger charge is 2.51. The molecule has 6 aliphatic rings. The lowest BCUT2D eigenvalue weighted by molar-refractivity contribution is -0.146. The third-order valence-corrected chi connectivity index (χ3v) is 9.85. The van der Waals surface area contributed by atoms with Crippen molar-refractivity contribution in [1.29, 1.82) is 0 Å². The van der Waals surface area contributed by atoms with E-state index in [9.17, 15) is 19.5 Å². The number of rotatable bonds is 6. The summed E-state index contributed by atoms with van der Waals surface area (Å²) in [6.45, 7) is 10.0. The maximum Gasteiger partial charge on any atom is 0.321 e. The van der Waals surface area contributed by atoms with Gasteiger partial charge in [-0.3, -0.25) is 14.4 Å². The number of Topliss-reactive ketones (excluding diaryl/α,β-unsaturated/α-hetero) is 1. The van der Waals surface area contributed by atoms with Crippen LogP contribution in [0, 0.1) is 17.8 Å². The first kappa shape index (κ1) is 31.1. The lowest BCUT2D eigenvalue weighted by Gasteiger charge is -2.19. The van der Waals surface area contributed by atoms with Crippen LogP contribution in [0.1, 0.15) is 60.3 Å². The Hall–Kier alpha value is -4.86. The third kappa shape index (κ3) is 4.69. The molecule has 2 N–H and O–H groups in total. The highest BCUT2D eigenvalue weighted by molar-refractivity contribution is 6.42. The largest absolute Gasteiger partial charge is 0.515 e. The maximum atomic E-state index is 14.1. The summed E-state index contributed by atoms with van der Waals surface area (Å²) in [4.78, 5) is 54.6. The number of nitrogens with one attached hydrogen (secondary N) is 1. The van der Waals surface area contributed by atoms with E-state index < -0.39 is 11.9 Å². The van der Waals surface area contributed by atoms with Gasteiger partial charge in [0.1, 0.15) is 5.92 Å². The van der Waals surface area contributed by atoms with E-state index in [1.165, 1.54) is 14.2 Å². The number of fused-ring (bicyclic) bond motifs is 5. The van der Waals surface area contributed by atoms with E-state index in [2.05, 4.69) is 19.2 Å². The summed E-state index contributed by atoms with van der Waals surface area (Å²) in [6.07, 6.45) is 8.80. The van der Waals surface area contributed by atoms with E-state index in [-0.39, 0.29) is 30.0 Å². The first-order chi connectivity index (χ1) is 22.1. The third-order valence-electron chi connectivity index (χ3n) is 9.85. The molecule has 238 valence electrons. The predicted octanol–water partition coefficient (Wildman–Crippen LogP) is 5.60. The van der Waals surface area contributed by atoms with Crippen LogP contribution in [-0.2, 0) is 23.9 Å². The summed E-state index contributed by atoms with van der Waals surface area (Å²) in [6, 6.07) is 0. The van der Waals surface area contributed by atoms with Gasteiger partial charge in [-0.05, 0) is 73.6 Å². The molecule has 0 aromatic heterocycles. The second-order valence-electron chi connectivity index (χ2n) is 12.1. The van der Waals surface area contributed by atoms with E-state index in [1.54, 1.807) is 0 Å². The monoisotopic (exact) mass is 622 g/mol. The Balaban J connectivity index is 1.67. The van der Waals surface area contributed by atoms with Gasteiger partial charge in [-0.15, -0.1) is 0 Å². The van der Waals surface area contributed by atoms with Crippen molar-refractivity contribution >= 4 is 34.9 Å². The van der Waals surface area contributed by atoms with E-state index in [4.69, 9.17) is 24.5 Å². The second-order valence-corrected chi connectivity index (χ2v) is 12.1. The van der Waals surface area contributed by atoms with Gasteiger partial charge in [-0.2, -0.15) is 0 Å². The SMILES string of the molecule is CCC1=C(C)C2=NC1=CC1=NC(=C(CC)/C1=C/O)C=C1N=C3C(=C1C)C(=O)C(C(=O)OC)C3=C1NC(=C2)C(C)C1CCC(=O)OC. The molecule has 10 heteroatoms. The summed E-state index contributed by atoms with van der Waals surface area (Å²) < 4.78 is 10.1. The standard InChI is InChI=1S/C36H38N4O6/c1-8-19-16(3)23-12-24-17(4)21(10-11-29(42)45-6)33(39-24)31-32(36(44)46-7)35(43)30-18(5)25(40-34(30)31)13-27-20(9-2)22(15-41)28(38-27)14-26(19)37-23/h12-15,17,21,32,39,41H,8-11H2,1-7H3/b22-15-,24-12?,25-13?,26-14?,33-31?. The number of carbonyl (C=O) groups excluding carboxylic acids is 3. The number of aliphatic imine (C=N–C) groups is 3. The molecule has 46 heavy (non-hydrogen) atoms. The minimum atomic E-state index is -1.19. The van der Waals surface area contributed by atoms with E-state index in [0.717, 1.165) is 46.5 Å². The Morgan fingerprint density at radius 3 is 2.35 bits per heavy atom. The normalized spacial score (nSPS) is 25.9. The molecule has 10 nitrogen and oxygen atoms in total. The van der Waals surface area contributed by atoms with Crippen molar-refractivity contribution in [3.8, 4) is 0 Å². The smallest absolute Gasteiger partial charge is 0.321 e. The quantitative estimate of drug-likeness (QED) is 0.223. The number of ketones is 1. The highest BCUT2D eigenvalue weighted by atomic mass is 16.5. The zero-order valence-corrected chi connectivity index (χ0v) is 27.2. The van der Waals surface area contributed by atoms with Gasteiger partial charge in [-0.1, -0.05) is 20.8 Å². The molecular formula is C36H38N4O6. The van der Waals surface area contributed by atoms with Gasteiger partial charge in [0.05, 0.1) is 54.7 Å². The van der Waals surface area contributed by atoms with E-state index in [1.807, 2.05) is 39.0 Å². The fraction of sp³-hybridized carbons (Fsp3) is 0.389. The molecule has 5 heterocycles.